The molecular weight excluding hydrogens is 1800 g/mol. The molecule has 12 heteroatoms. The maximum Gasteiger partial charge on any atom is 0.163 e. The van der Waals surface area contributed by atoms with E-state index in [0.717, 1.165) is 95.1 Å². The van der Waals surface area contributed by atoms with Crippen LogP contribution in [-0.2, 0) is 21.7 Å². The minimum absolute atomic E-state index is 0.0862. The molecule has 4 aliphatic rings. The van der Waals surface area contributed by atoms with E-state index in [0.29, 0.717) is 140 Å². The molecule has 0 radical (unpaired) electrons. The van der Waals surface area contributed by atoms with Crippen molar-refractivity contribution in [3.05, 3.63) is 597 Å². The molecule has 144 heavy (non-hydrogen) atoms. The van der Waals surface area contributed by atoms with Gasteiger partial charge in [0.15, 0.2) is 34.4 Å². The van der Waals surface area contributed by atoms with Crippen LogP contribution in [0.5, 0.6) is 0 Å². The maximum absolute atomic E-state index is 18.6. The van der Waals surface area contributed by atoms with Crippen molar-refractivity contribution >= 4 is 102 Å². The van der Waals surface area contributed by atoms with Gasteiger partial charge in [0.05, 0.1) is 33.0 Å². The molecule has 0 bridgehead atoms. The van der Waals surface area contributed by atoms with Crippen molar-refractivity contribution in [2.24, 2.45) is 0 Å². The fourth-order valence-corrected chi connectivity index (χ4v) is 24.5. The van der Waals surface area contributed by atoms with Crippen LogP contribution in [0, 0.1) is 46.5 Å². The predicted molar refractivity (Wildman–Crippen MR) is 565 cm³/mol. The maximum atomic E-state index is 18.6. The monoisotopic (exact) mass is 1880 g/mol. The highest BCUT2D eigenvalue weighted by Crippen LogP contribution is 2.66. The van der Waals surface area contributed by atoms with Gasteiger partial charge >= 0.3 is 0 Å². The number of halogens is 8. The zero-order valence-electron chi connectivity index (χ0n) is 77.1. The molecule has 0 fully saturated rings. The summed E-state index contributed by atoms with van der Waals surface area (Å²) in [5, 5.41) is 3.10. The average molecular weight is 1880 g/mol. The zero-order chi connectivity index (χ0) is 97.5. The van der Waals surface area contributed by atoms with Gasteiger partial charge in [0, 0.05) is 66.5 Å². The first kappa shape index (κ1) is 86.3. The molecule has 686 valence electrons. The Bertz CT molecular complexity index is 9010. The van der Waals surface area contributed by atoms with E-state index >= 15 is 35.1 Å². The van der Waals surface area contributed by atoms with Crippen LogP contribution in [0.25, 0.3) is 124 Å². The van der Waals surface area contributed by atoms with Gasteiger partial charge < -0.3 is 18.6 Å². The Morgan fingerprint density at radius 3 is 0.889 bits per heavy atom. The Labute approximate surface area is 824 Å². The molecule has 0 aliphatic heterocycles. The minimum Gasteiger partial charge on any atom is -0.454 e. The Balaban J connectivity index is 0.686. The number of hydrogen-bond donors (Lipinski definition) is 0. The van der Waals surface area contributed by atoms with Gasteiger partial charge in [-0.1, -0.05) is 342 Å². The van der Waals surface area contributed by atoms with Gasteiger partial charge in [0.2, 0.25) is 0 Å². The van der Waals surface area contributed by atoms with Crippen LogP contribution >= 0.6 is 0 Å². The van der Waals surface area contributed by atoms with Gasteiger partial charge in [-0.15, -0.1) is 0 Å². The lowest BCUT2D eigenvalue weighted by molar-refractivity contribution is 0.488. The number of nitrogens with zero attached hydrogens (tertiary/aromatic N) is 2. The van der Waals surface area contributed by atoms with Crippen molar-refractivity contribution in [2.45, 2.75) is 21.7 Å². The largest absolute Gasteiger partial charge is 0.454 e. The van der Waals surface area contributed by atoms with Crippen molar-refractivity contribution in [1.29, 1.82) is 0 Å². The van der Waals surface area contributed by atoms with Gasteiger partial charge in [-0.25, -0.2) is 35.1 Å². The summed E-state index contributed by atoms with van der Waals surface area (Å²) in [4.78, 5) is 4.15. The lowest BCUT2D eigenvalue weighted by Gasteiger charge is -2.36. The van der Waals surface area contributed by atoms with Gasteiger partial charge in [-0.05, 0) is 266 Å². The Hall–Kier alpha value is -18.0. The second-order valence-corrected chi connectivity index (χ2v) is 37.4. The molecule has 0 saturated carbocycles. The molecule has 26 rings (SSSR count). The van der Waals surface area contributed by atoms with E-state index in [1.807, 2.05) is 340 Å². The standard InChI is InChI=1S/C132H80F8N2O2/c1-5-77-43-53-83(54-44-77)129(106-32-19-38-117(137)125(106)139)103-29-13-9-23-91(103)95-67-61-87(73-109(95)129)141(88-62-68-96-92-24-10-14-30-104(92)130(110(96)74-88,84-55-45-78(6-2)46-56-84)107-33-20-39-118(138)126(107)140)120-41-18-28-102-100-66-52-82(72-122(100)144-128(102)120)81-51-65-94-98-70-64-90(76-112(98)132(108(94)71-81,86-59-49-80(8-4)50-60-86)124-115(135)36-22-37-116(124)136)142(119-40-17-27-101-99-26-12-16-42-121(99)143-127(101)119)89-63-69-97-93-25-11-15-31-105(93)131(111(97)75-89,85-57-47-79(7-3)48-58-85)123-113(133)34-21-35-114(123)134/h5-76H,1-4H2. The van der Waals surface area contributed by atoms with Gasteiger partial charge in [0.25, 0.3) is 0 Å². The van der Waals surface area contributed by atoms with Crippen LogP contribution in [0.15, 0.2) is 448 Å². The Morgan fingerprint density at radius 1 is 0.208 bits per heavy atom. The molecule has 0 N–H and O–H groups in total. The molecule has 0 spiro atoms. The first-order valence-electron chi connectivity index (χ1n) is 47.7. The van der Waals surface area contributed by atoms with Crippen LogP contribution < -0.4 is 9.80 Å². The van der Waals surface area contributed by atoms with E-state index < -0.39 is 68.2 Å². The van der Waals surface area contributed by atoms with Crippen LogP contribution in [0.3, 0.4) is 0 Å². The van der Waals surface area contributed by atoms with Crippen molar-refractivity contribution in [2.75, 3.05) is 9.80 Å². The van der Waals surface area contributed by atoms with Crippen molar-refractivity contribution in [3.8, 4) is 55.6 Å². The molecule has 4 aliphatic carbocycles. The highest BCUT2D eigenvalue weighted by molar-refractivity contribution is 6.13. The molecule has 4 unspecified atom stereocenters. The van der Waals surface area contributed by atoms with E-state index in [4.69, 9.17) is 8.83 Å². The normalized spacial score (nSPS) is 16.4. The molecule has 4 nitrogen and oxygen atoms in total. The summed E-state index contributed by atoms with van der Waals surface area (Å²) in [6.07, 6.45) is 6.92. The highest BCUT2D eigenvalue weighted by Gasteiger charge is 2.55. The lowest BCUT2D eigenvalue weighted by atomic mass is 9.66. The third-order valence-electron chi connectivity index (χ3n) is 30.6. The zero-order valence-corrected chi connectivity index (χ0v) is 77.1. The topological polar surface area (TPSA) is 32.8 Å². The van der Waals surface area contributed by atoms with E-state index in [1.165, 1.54) is 48.5 Å². The molecular formula is C132H80F8N2O2. The van der Waals surface area contributed by atoms with Crippen LogP contribution in [-0.4, -0.2) is 0 Å². The summed E-state index contributed by atoms with van der Waals surface area (Å²) in [7, 11) is 0. The van der Waals surface area contributed by atoms with E-state index in [-0.39, 0.29) is 22.3 Å². The number of fused-ring (bicyclic) bond motifs is 18. The number of hydrogen-bond acceptors (Lipinski definition) is 4. The van der Waals surface area contributed by atoms with E-state index in [9.17, 15) is 0 Å². The summed E-state index contributed by atoms with van der Waals surface area (Å²) >= 11 is 0. The van der Waals surface area contributed by atoms with E-state index in [2.05, 4.69) is 36.1 Å². The van der Waals surface area contributed by atoms with Crippen LogP contribution in [0.4, 0.5) is 69.2 Å². The molecule has 4 atom stereocenters. The smallest absolute Gasteiger partial charge is 0.163 e. The van der Waals surface area contributed by atoms with E-state index in [1.54, 1.807) is 36.4 Å². The van der Waals surface area contributed by atoms with Crippen molar-refractivity contribution in [3.63, 3.8) is 0 Å². The van der Waals surface area contributed by atoms with Gasteiger partial charge in [0.1, 0.15) is 34.4 Å². The average Bonchev–Trinajstić information content (AvgIpc) is 1.54. The molecule has 20 aromatic carbocycles. The second kappa shape index (κ2) is 32.8. The Morgan fingerprint density at radius 2 is 0.486 bits per heavy atom. The SMILES string of the molecule is C=Cc1ccc(C2(c3cccc(F)c3F)c3ccccc3-c3ccc(N(c4ccc5c(c4)C(c4ccc(C=C)cc4)(c4cccc(F)c4F)c4ccccc4-5)c4cccc5c4oc4cc(-c6ccc7c(c6)C(c6ccc(C=C)cc6)(c6c(F)cccc6F)c6cc(N(c8ccc9c(c8)C(c8ccc(C=C)cc8)(c8c(F)cccc8F)c8ccccc8-9)c8cccc9c8oc8ccccc89)ccc6-7)ccc45)cc32)cc1. The molecule has 0 saturated heterocycles. The number of furan rings is 2. The molecule has 2 heterocycles. The summed E-state index contributed by atoms with van der Waals surface area (Å²) in [6, 6.07) is 127. The summed E-state index contributed by atoms with van der Waals surface area (Å²) in [6.45, 7) is 16.3. The molecule has 22 aromatic rings. The molecule has 2 aromatic heterocycles. The van der Waals surface area contributed by atoms with Gasteiger partial charge in [-0.2, -0.15) is 0 Å². The van der Waals surface area contributed by atoms with Crippen LogP contribution in [0.2, 0.25) is 0 Å². The summed E-state index contributed by atoms with van der Waals surface area (Å²) in [5.41, 5.74) is 16.8. The first-order valence-corrected chi connectivity index (χ1v) is 47.7. The summed E-state index contributed by atoms with van der Waals surface area (Å²) in [5.74, 6) is -7.18. The van der Waals surface area contributed by atoms with Crippen molar-refractivity contribution in [1.82, 2.24) is 0 Å². The number of para-hydroxylation sites is 3. The second-order valence-electron chi connectivity index (χ2n) is 37.4. The van der Waals surface area contributed by atoms with Gasteiger partial charge in [-0.3, -0.25) is 0 Å². The van der Waals surface area contributed by atoms with Crippen LogP contribution in [0.1, 0.15) is 111 Å². The number of rotatable bonds is 19. The first-order chi connectivity index (χ1) is 70.5. The highest BCUT2D eigenvalue weighted by atomic mass is 19.2. The van der Waals surface area contributed by atoms with Crippen molar-refractivity contribution < 1.29 is 44.0 Å². The third kappa shape index (κ3) is 12.2. The fourth-order valence-electron chi connectivity index (χ4n) is 24.5. The summed E-state index contributed by atoms with van der Waals surface area (Å²) < 4.78 is 156. The Kier molecular flexibility index (Phi) is 19.7. The third-order valence-corrected chi connectivity index (χ3v) is 30.6. The predicted octanol–water partition coefficient (Wildman–Crippen LogP) is 35.2. The molecule has 0 amide bonds. The fraction of sp³-hybridized carbons (Fsp3) is 0.0303. The quantitative estimate of drug-likeness (QED) is 0.0756. The lowest BCUT2D eigenvalue weighted by Crippen LogP contribution is -2.31. The number of anilines is 6. The number of benzene rings is 20. The minimum atomic E-state index is -1.82.